The normalized spacial score (nSPS) is 24.0. The highest BCUT2D eigenvalue weighted by Gasteiger charge is 2.34. The summed E-state index contributed by atoms with van der Waals surface area (Å²) >= 11 is 0. The molecule has 0 aromatic rings. The second-order valence-corrected chi connectivity index (χ2v) is 4.74. The van der Waals surface area contributed by atoms with Crippen molar-refractivity contribution in [1.82, 2.24) is 10.2 Å². The second kappa shape index (κ2) is 7.33. The molecule has 6 nitrogen and oxygen atoms in total. The molecule has 1 rings (SSSR count). The molecule has 1 amide bonds. The summed E-state index contributed by atoms with van der Waals surface area (Å²) in [6.45, 7) is 3.84. The largest absolute Gasteiger partial charge is 0.480 e. The average molecular weight is 258 g/mol. The first-order valence-corrected chi connectivity index (χ1v) is 6.28. The van der Waals surface area contributed by atoms with Crippen LogP contribution in [0.5, 0.6) is 0 Å². The molecule has 0 spiro atoms. The number of carbonyl (C=O) groups excluding carboxylic acids is 1. The molecule has 6 heteroatoms. The molecular weight excluding hydrogens is 236 g/mol. The van der Waals surface area contributed by atoms with Crippen LogP contribution >= 0.6 is 0 Å². The van der Waals surface area contributed by atoms with E-state index in [-0.39, 0.29) is 12.5 Å². The number of carboxylic acid groups (broad SMARTS) is 1. The number of carboxylic acids is 1. The molecule has 0 aliphatic carbocycles. The topological polar surface area (TPSA) is 78.9 Å². The van der Waals surface area contributed by atoms with Gasteiger partial charge in [0.25, 0.3) is 0 Å². The van der Waals surface area contributed by atoms with Gasteiger partial charge in [0.1, 0.15) is 6.04 Å². The highest BCUT2D eigenvalue weighted by Crippen LogP contribution is 2.22. The molecule has 18 heavy (non-hydrogen) atoms. The molecule has 1 fully saturated rings. The van der Waals surface area contributed by atoms with Crippen LogP contribution in [0.15, 0.2) is 0 Å². The molecule has 2 unspecified atom stereocenters. The third-order valence-electron chi connectivity index (χ3n) is 3.23. The van der Waals surface area contributed by atoms with Crippen LogP contribution in [0.25, 0.3) is 0 Å². The Kier molecular flexibility index (Phi) is 6.07. The molecule has 2 N–H and O–H groups in total. The predicted octanol–water partition coefficient (Wildman–Crippen LogP) is -0.0659. The Bertz CT molecular complexity index is 296. The number of methoxy groups -OCH3 is 1. The third-order valence-corrected chi connectivity index (χ3v) is 3.23. The number of rotatable bonds is 6. The number of ether oxygens (including phenoxy) is 1. The number of carbonyl (C=O) groups is 2. The monoisotopic (exact) mass is 258 g/mol. The van der Waals surface area contributed by atoms with Gasteiger partial charge in [-0.1, -0.05) is 6.92 Å². The number of hydrogen-bond donors (Lipinski definition) is 2. The standard InChI is InChI=1S/C12H22N2O4/c1-9-3-5-14(10(7-9)12(16)17)11(15)8-13-4-6-18-2/h9-10,13H,3-8H2,1-2H3,(H,16,17). The van der Waals surface area contributed by atoms with Crippen LogP contribution in [-0.4, -0.2) is 61.3 Å². The second-order valence-electron chi connectivity index (χ2n) is 4.74. The van der Waals surface area contributed by atoms with Crippen molar-refractivity contribution in [2.24, 2.45) is 5.92 Å². The summed E-state index contributed by atoms with van der Waals surface area (Å²) in [4.78, 5) is 24.6. The van der Waals surface area contributed by atoms with Crippen molar-refractivity contribution >= 4 is 11.9 Å². The van der Waals surface area contributed by atoms with Gasteiger partial charge in [0, 0.05) is 20.2 Å². The van der Waals surface area contributed by atoms with E-state index in [2.05, 4.69) is 5.32 Å². The Balaban J connectivity index is 2.46. The van der Waals surface area contributed by atoms with E-state index in [9.17, 15) is 9.59 Å². The predicted molar refractivity (Wildman–Crippen MR) is 66.3 cm³/mol. The summed E-state index contributed by atoms with van der Waals surface area (Å²) in [5.74, 6) is -0.700. The zero-order valence-corrected chi connectivity index (χ0v) is 11.0. The average Bonchev–Trinajstić information content (AvgIpc) is 2.34. The number of hydrogen-bond acceptors (Lipinski definition) is 4. The van der Waals surface area contributed by atoms with E-state index in [1.54, 1.807) is 7.11 Å². The Morgan fingerprint density at radius 3 is 2.83 bits per heavy atom. The van der Waals surface area contributed by atoms with Crippen molar-refractivity contribution in [3.05, 3.63) is 0 Å². The molecule has 0 aromatic heterocycles. The van der Waals surface area contributed by atoms with Crippen molar-refractivity contribution < 1.29 is 19.4 Å². The zero-order valence-electron chi connectivity index (χ0n) is 11.0. The Morgan fingerprint density at radius 2 is 2.22 bits per heavy atom. The van der Waals surface area contributed by atoms with Gasteiger partial charge in [-0.15, -0.1) is 0 Å². The lowest BCUT2D eigenvalue weighted by Gasteiger charge is -2.36. The van der Waals surface area contributed by atoms with Gasteiger partial charge in [0.15, 0.2) is 0 Å². The van der Waals surface area contributed by atoms with Crippen LogP contribution in [-0.2, 0) is 14.3 Å². The van der Waals surface area contributed by atoms with E-state index in [1.165, 1.54) is 4.90 Å². The number of aliphatic carboxylic acids is 1. The molecule has 1 heterocycles. The minimum Gasteiger partial charge on any atom is -0.480 e. The molecule has 0 aromatic carbocycles. The molecule has 0 bridgehead atoms. The van der Waals surface area contributed by atoms with Crippen molar-refractivity contribution in [3.63, 3.8) is 0 Å². The number of piperidine rings is 1. The molecular formula is C12H22N2O4. The Labute approximate surface area is 107 Å². The lowest BCUT2D eigenvalue weighted by atomic mass is 9.92. The fourth-order valence-corrected chi connectivity index (χ4v) is 2.15. The summed E-state index contributed by atoms with van der Waals surface area (Å²) in [6.07, 6.45) is 1.41. The van der Waals surface area contributed by atoms with Crippen LogP contribution in [0.1, 0.15) is 19.8 Å². The van der Waals surface area contributed by atoms with E-state index in [0.717, 1.165) is 6.42 Å². The first-order valence-electron chi connectivity index (χ1n) is 6.28. The molecule has 1 aliphatic heterocycles. The summed E-state index contributed by atoms with van der Waals surface area (Å²) in [5.41, 5.74) is 0. The van der Waals surface area contributed by atoms with E-state index >= 15 is 0 Å². The molecule has 0 radical (unpaired) electrons. The van der Waals surface area contributed by atoms with Gasteiger partial charge in [-0.25, -0.2) is 4.79 Å². The fourth-order valence-electron chi connectivity index (χ4n) is 2.15. The molecule has 1 saturated heterocycles. The summed E-state index contributed by atoms with van der Waals surface area (Å²) < 4.78 is 4.86. The minimum absolute atomic E-state index is 0.148. The van der Waals surface area contributed by atoms with E-state index in [1.807, 2.05) is 6.92 Å². The molecule has 104 valence electrons. The quantitative estimate of drug-likeness (QED) is 0.652. The minimum atomic E-state index is -0.910. The van der Waals surface area contributed by atoms with Gasteiger partial charge in [0.2, 0.25) is 5.91 Å². The third kappa shape index (κ3) is 4.27. The van der Waals surface area contributed by atoms with Crippen molar-refractivity contribution in [2.75, 3.05) is 33.4 Å². The first-order chi connectivity index (χ1) is 8.56. The SMILES string of the molecule is COCCNCC(=O)N1CCC(C)CC1C(=O)O. The number of amides is 1. The smallest absolute Gasteiger partial charge is 0.326 e. The fraction of sp³-hybridized carbons (Fsp3) is 0.833. The van der Waals surface area contributed by atoms with Crippen molar-refractivity contribution in [3.8, 4) is 0 Å². The highest BCUT2D eigenvalue weighted by molar-refractivity contribution is 5.85. The highest BCUT2D eigenvalue weighted by atomic mass is 16.5. The summed E-state index contributed by atoms with van der Waals surface area (Å²) in [7, 11) is 1.59. The lowest BCUT2D eigenvalue weighted by molar-refractivity contribution is -0.152. The lowest BCUT2D eigenvalue weighted by Crippen LogP contribution is -2.52. The van der Waals surface area contributed by atoms with Crippen LogP contribution in [0.4, 0.5) is 0 Å². The van der Waals surface area contributed by atoms with Crippen LogP contribution in [0.3, 0.4) is 0 Å². The molecule has 2 atom stereocenters. The maximum Gasteiger partial charge on any atom is 0.326 e. The van der Waals surface area contributed by atoms with Gasteiger partial charge in [0.05, 0.1) is 13.2 Å². The van der Waals surface area contributed by atoms with Crippen LogP contribution in [0.2, 0.25) is 0 Å². The number of likely N-dealkylation sites (tertiary alicyclic amines) is 1. The number of nitrogens with zero attached hydrogens (tertiary/aromatic N) is 1. The van der Waals surface area contributed by atoms with E-state index < -0.39 is 12.0 Å². The van der Waals surface area contributed by atoms with Crippen LogP contribution in [0, 0.1) is 5.92 Å². The van der Waals surface area contributed by atoms with Gasteiger partial charge >= 0.3 is 5.97 Å². The van der Waals surface area contributed by atoms with Gasteiger partial charge < -0.3 is 20.1 Å². The van der Waals surface area contributed by atoms with Gasteiger partial charge in [-0.2, -0.15) is 0 Å². The van der Waals surface area contributed by atoms with E-state index in [4.69, 9.17) is 9.84 Å². The van der Waals surface area contributed by atoms with Crippen molar-refractivity contribution in [1.29, 1.82) is 0 Å². The summed E-state index contributed by atoms with van der Waals surface area (Å²) in [5, 5.41) is 12.1. The van der Waals surface area contributed by atoms with Crippen molar-refractivity contribution in [2.45, 2.75) is 25.8 Å². The molecule has 1 aliphatic rings. The Morgan fingerprint density at radius 1 is 1.50 bits per heavy atom. The maximum absolute atomic E-state index is 11.9. The maximum atomic E-state index is 11.9. The molecule has 0 saturated carbocycles. The first kappa shape index (κ1) is 14.9. The van der Waals surface area contributed by atoms with Gasteiger partial charge in [-0.3, -0.25) is 4.79 Å². The van der Waals surface area contributed by atoms with Crippen LogP contribution < -0.4 is 5.32 Å². The zero-order chi connectivity index (χ0) is 13.5. The Hall–Kier alpha value is -1.14. The number of nitrogens with one attached hydrogen (secondary N) is 1. The van der Waals surface area contributed by atoms with Gasteiger partial charge in [-0.05, 0) is 18.8 Å². The van der Waals surface area contributed by atoms with E-state index in [0.29, 0.717) is 32.0 Å². The summed E-state index contributed by atoms with van der Waals surface area (Å²) in [6, 6.07) is -0.675.